The summed E-state index contributed by atoms with van der Waals surface area (Å²) in [7, 11) is 1.67. The number of rotatable bonds is 4. The highest BCUT2D eigenvalue weighted by Gasteiger charge is 2.48. The molecule has 0 spiro atoms. The molecule has 3 rings (SSSR count). The van der Waals surface area contributed by atoms with Crippen molar-refractivity contribution in [2.45, 2.75) is 19.1 Å². The van der Waals surface area contributed by atoms with Gasteiger partial charge in [-0.05, 0) is 6.92 Å². The van der Waals surface area contributed by atoms with Crippen LogP contribution in [-0.4, -0.2) is 91.1 Å². The third-order valence-electron chi connectivity index (χ3n) is 4.36. The fourth-order valence-corrected chi connectivity index (χ4v) is 3.15. The highest BCUT2D eigenvalue weighted by atomic mass is 16.5. The third-order valence-corrected chi connectivity index (χ3v) is 4.36. The van der Waals surface area contributed by atoms with E-state index in [-0.39, 0.29) is 5.91 Å². The van der Waals surface area contributed by atoms with E-state index in [0.29, 0.717) is 26.3 Å². The molecule has 0 radical (unpaired) electrons. The molecular weight excluding hydrogens is 298 g/mol. The van der Waals surface area contributed by atoms with Gasteiger partial charge in [0.25, 0.3) is 5.91 Å². The van der Waals surface area contributed by atoms with Gasteiger partial charge < -0.3 is 14.5 Å². The number of nitrogens with one attached hydrogen (secondary N) is 1. The lowest BCUT2D eigenvalue weighted by Gasteiger charge is -2.37. The third kappa shape index (κ3) is 3.09. The molecule has 2 atom stereocenters. The Bertz CT molecular complexity index is 555. The second-order valence-electron chi connectivity index (χ2n) is 6.28. The molecule has 2 unspecified atom stereocenters. The Balaban J connectivity index is 1.83. The van der Waals surface area contributed by atoms with Crippen LogP contribution < -0.4 is 5.32 Å². The molecule has 2 fully saturated rings. The number of carbonyl (C=O) groups is 2. The topological polar surface area (TPSA) is 77.5 Å². The van der Waals surface area contributed by atoms with Crippen LogP contribution >= 0.6 is 0 Å². The van der Waals surface area contributed by atoms with Gasteiger partial charge in [-0.3, -0.25) is 15.0 Å². The molecule has 0 aromatic carbocycles. The number of hydrogen-bond acceptors (Lipinski definition) is 6. The predicted molar refractivity (Wildman–Crippen MR) is 85.1 cm³/mol. The van der Waals surface area contributed by atoms with Crippen molar-refractivity contribution in [1.82, 2.24) is 20.0 Å². The van der Waals surface area contributed by atoms with Crippen molar-refractivity contribution in [3.05, 3.63) is 12.2 Å². The smallest absolute Gasteiger partial charge is 0.325 e. The minimum Gasteiger partial charge on any atom is -0.379 e. The number of likely N-dealkylation sites (N-methyl/N-ethyl adjacent to an activating group) is 1. The van der Waals surface area contributed by atoms with Gasteiger partial charge in [0.15, 0.2) is 12.2 Å². The molecule has 0 bridgehead atoms. The Morgan fingerprint density at radius 3 is 2.74 bits per heavy atom. The van der Waals surface area contributed by atoms with E-state index in [1.54, 1.807) is 7.05 Å². The van der Waals surface area contributed by atoms with Crippen LogP contribution in [0, 0.1) is 0 Å². The Labute approximate surface area is 135 Å². The van der Waals surface area contributed by atoms with Crippen molar-refractivity contribution >= 4 is 17.8 Å². The summed E-state index contributed by atoms with van der Waals surface area (Å²) < 4.78 is 5.37. The van der Waals surface area contributed by atoms with Crippen LogP contribution in [0.15, 0.2) is 17.1 Å². The molecule has 3 heterocycles. The SMILES string of the molecule is C=C(C)CN1C(CN2CCOCC2)=NC2C1C(=O)NC(=O)N2C. The van der Waals surface area contributed by atoms with Gasteiger partial charge in [0.1, 0.15) is 5.84 Å². The molecular formula is C15H23N5O3. The molecule has 8 nitrogen and oxygen atoms in total. The van der Waals surface area contributed by atoms with Crippen molar-refractivity contribution < 1.29 is 14.3 Å². The number of amides is 3. The average molecular weight is 321 g/mol. The van der Waals surface area contributed by atoms with Gasteiger partial charge in [-0.2, -0.15) is 0 Å². The predicted octanol–water partition coefficient (Wildman–Crippen LogP) is -0.515. The number of morpholine rings is 1. The van der Waals surface area contributed by atoms with Crippen molar-refractivity contribution in [1.29, 1.82) is 0 Å². The number of imide groups is 1. The minimum atomic E-state index is -0.481. The lowest BCUT2D eigenvalue weighted by molar-refractivity contribution is -0.127. The van der Waals surface area contributed by atoms with E-state index < -0.39 is 18.2 Å². The summed E-state index contributed by atoms with van der Waals surface area (Å²) in [5.41, 5.74) is 0.952. The molecule has 3 amide bonds. The first kappa shape index (κ1) is 15.9. The van der Waals surface area contributed by atoms with Gasteiger partial charge >= 0.3 is 6.03 Å². The molecule has 0 aromatic rings. The first-order valence-corrected chi connectivity index (χ1v) is 7.83. The van der Waals surface area contributed by atoms with Gasteiger partial charge in [0.2, 0.25) is 0 Å². The number of amidine groups is 1. The first-order valence-electron chi connectivity index (χ1n) is 7.83. The van der Waals surface area contributed by atoms with Gasteiger partial charge in [-0.1, -0.05) is 12.2 Å². The Hall–Kier alpha value is -1.93. The van der Waals surface area contributed by atoms with E-state index in [2.05, 4.69) is 21.8 Å². The minimum absolute atomic E-state index is 0.292. The lowest BCUT2D eigenvalue weighted by Crippen LogP contribution is -2.64. The molecule has 3 aliphatic heterocycles. The molecule has 126 valence electrons. The van der Waals surface area contributed by atoms with Crippen LogP contribution in [0.1, 0.15) is 6.92 Å². The summed E-state index contributed by atoms with van der Waals surface area (Å²) in [6, 6.07) is -0.881. The molecule has 0 aliphatic carbocycles. The summed E-state index contributed by atoms with van der Waals surface area (Å²) in [5.74, 6) is 0.543. The van der Waals surface area contributed by atoms with Crippen LogP contribution in [0.2, 0.25) is 0 Å². The van der Waals surface area contributed by atoms with Crippen LogP contribution in [0.25, 0.3) is 0 Å². The first-order chi connectivity index (χ1) is 11.0. The molecule has 1 N–H and O–H groups in total. The van der Waals surface area contributed by atoms with Crippen molar-refractivity contribution in [3.63, 3.8) is 0 Å². The molecule has 8 heteroatoms. The van der Waals surface area contributed by atoms with E-state index in [4.69, 9.17) is 4.74 Å². The van der Waals surface area contributed by atoms with Crippen LogP contribution in [0.5, 0.6) is 0 Å². The maximum absolute atomic E-state index is 12.3. The Morgan fingerprint density at radius 1 is 1.39 bits per heavy atom. The van der Waals surface area contributed by atoms with Gasteiger partial charge in [0, 0.05) is 26.7 Å². The Kier molecular flexibility index (Phi) is 4.36. The van der Waals surface area contributed by atoms with Crippen molar-refractivity contribution in [3.8, 4) is 0 Å². The van der Waals surface area contributed by atoms with E-state index >= 15 is 0 Å². The number of urea groups is 1. The van der Waals surface area contributed by atoms with E-state index in [9.17, 15) is 9.59 Å². The summed E-state index contributed by atoms with van der Waals surface area (Å²) >= 11 is 0. The highest BCUT2D eigenvalue weighted by Crippen LogP contribution is 2.25. The number of fused-ring (bicyclic) bond motifs is 1. The summed E-state index contributed by atoms with van der Waals surface area (Å²) in [6.45, 7) is 10.2. The second-order valence-corrected chi connectivity index (χ2v) is 6.28. The second kappa shape index (κ2) is 6.29. The number of ether oxygens (including phenoxy) is 1. The standard InChI is InChI=1S/C15H23N5O3/c1-10(2)8-20-11(9-19-4-6-23-7-5-19)16-13-12(20)14(21)17-15(22)18(13)3/h12-13H,1,4-9H2,2-3H3,(H,17,21,22). The monoisotopic (exact) mass is 321 g/mol. The number of aliphatic imine (C=N–C) groups is 1. The maximum Gasteiger partial charge on any atom is 0.325 e. The van der Waals surface area contributed by atoms with E-state index in [1.807, 2.05) is 11.8 Å². The fraction of sp³-hybridized carbons (Fsp3) is 0.667. The largest absolute Gasteiger partial charge is 0.379 e. The van der Waals surface area contributed by atoms with Crippen molar-refractivity contribution in [2.24, 2.45) is 4.99 Å². The Morgan fingerprint density at radius 2 is 2.09 bits per heavy atom. The highest BCUT2D eigenvalue weighted by molar-refractivity contribution is 6.04. The lowest BCUT2D eigenvalue weighted by atomic mass is 10.1. The van der Waals surface area contributed by atoms with Crippen LogP contribution in [-0.2, 0) is 9.53 Å². The molecule has 23 heavy (non-hydrogen) atoms. The van der Waals surface area contributed by atoms with Gasteiger partial charge in [0.05, 0.1) is 19.8 Å². The summed E-state index contributed by atoms with van der Waals surface area (Å²) in [4.78, 5) is 34.6. The quantitative estimate of drug-likeness (QED) is 0.706. The molecule has 3 aliphatic rings. The maximum atomic E-state index is 12.3. The summed E-state index contributed by atoms with van der Waals surface area (Å²) in [5, 5.41) is 2.40. The number of hydrogen-bond donors (Lipinski definition) is 1. The van der Waals surface area contributed by atoms with E-state index in [1.165, 1.54) is 4.90 Å². The zero-order valence-electron chi connectivity index (χ0n) is 13.6. The van der Waals surface area contributed by atoms with Gasteiger partial charge in [-0.25, -0.2) is 9.79 Å². The van der Waals surface area contributed by atoms with Crippen molar-refractivity contribution in [2.75, 3.05) is 46.4 Å². The molecule has 0 saturated carbocycles. The van der Waals surface area contributed by atoms with Crippen LogP contribution in [0.4, 0.5) is 4.79 Å². The molecule has 2 saturated heterocycles. The zero-order valence-corrected chi connectivity index (χ0v) is 13.6. The fourth-order valence-electron chi connectivity index (χ4n) is 3.15. The number of carbonyl (C=O) groups excluding carboxylic acids is 2. The van der Waals surface area contributed by atoms with E-state index in [0.717, 1.165) is 24.5 Å². The normalized spacial score (nSPS) is 28.5. The summed E-state index contributed by atoms with van der Waals surface area (Å²) in [6.07, 6.45) is -0.466. The molecule has 0 aromatic heterocycles. The zero-order chi connectivity index (χ0) is 16.6. The van der Waals surface area contributed by atoms with Crippen LogP contribution in [0.3, 0.4) is 0 Å². The average Bonchev–Trinajstić information content (AvgIpc) is 2.84. The number of nitrogens with zero attached hydrogens (tertiary/aromatic N) is 4. The van der Waals surface area contributed by atoms with Gasteiger partial charge in [-0.15, -0.1) is 0 Å².